The van der Waals surface area contributed by atoms with Crippen molar-refractivity contribution in [3.8, 4) is 0 Å². The van der Waals surface area contributed by atoms with Crippen LogP contribution in [-0.4, -0.2) is 9.46 Å². The minimum absolute atomic E-state index is 0.120. The molecular formula is C10H14BrNOS. The Morgan fingerprint density at radius 3 is 2.50 bits per heavy atom. The Bertz CT molecular complexity index is 332. The van der Waals surface area contributed by atoms with Gasteiger partial charge in [0.2, 0.25) is 0 Å². The first kappa shape index (κ1) is 11.7. The molecule has 4 heteroatoms. The number of benzene rings is 1. The zero-order valence-corrected chi connectivity index (χ0v) is 10.9. The van der Waals surface area contributed by atoms with E-state index in [4.69, 9.17) is 0 Å². The Balaban J connectivity index is 2.82. The Hall–Kier alpha value is -0.350. The fraction of sp³-hybridized carbons (Fsp3) is 0.400. The lowest BCUT2D eigenvalue weighted by atomic mass is 10.2. The van der Waals surface area contributed by atoms with Gasteiger partial charge in [-0.05, 0) is 44.5 Å². The normalized spacial score (nSPS) is 12.9. The van der Waals surface area contributed by atoms with Crippen LogP contribution in [-0.2, 0) is 11.0 Å². The van der Waals surface area contributed by atoms with E-state index in [1.165, 1.54) is 0 Å². The Morgan fingerprint density at radius 1 is 1.36 bits per heavy atom. The molecule has 0 saturated carbocycles. The van der Waals surface area contributed by atoms with Crippen molar-refractivity contribution >= 4 is 32.6 Å². The largest absolute Gasteiger partial charge is 0.305 e. The van der Waals surface area contributed by atoms with Crippen molar-refractivity contribution in [1.82, 2.24) is 0 Å². The summed E-state index contributed by atoms with van der Waals surface area (Å²) in [6, 6.07) is 5.92. The molecule has 1 aromatic carbocycles. The van der Waals surface area contributed by atoms with Gasteiger partial charge >= 0.3 is 0 Å². The van der Waals surface area contributed by atoms with E-state index < -0.39 is 11.0 Å². The smallest absolute Gasteiger partial charge is 0.119 e. The second-order valence-corrected chi connectivity index (χ2v) is 6.12. The molecule has 78 valence electrons. The summed E-state index contributed by atoms with van der Waals surface area (Å²) in [7, 11) is -1.01. The molecule has 2 nitrogen and oxygen atoms in total. The van der Waals surface area contributed by atoms with Crippen LogP contribution in [0, 0.1) is 6.92 Å². The zero-order chi connectivity index (χ0) is 10.7. The van der Waals surface area contributed by atoms with Gasteiger partial charge in [0.15, 0.2) is 0 Å². The Kier molecular flexibility index (Phi) is 4.13. The molecule has 1 rings (SSSR count). The van der Waals surface area contributed by atoms with Crippen molar-refractivity contribution in [1.29, 1.82) is 0 Å². The van der Waals surface area contributed by atoms with Crippen LogP contribution in [0.1, 0.15) is 19.4 Å². The highest BCUT2D eigenvalue weighted by molar-refractivity contribution is 9.10. The van der Waals surface area contributed by atoms with Gasteiger partial charge in [-0.1, -0.05) is 15.9 Å². The summed E-state index contributed by atoms with van der Waals surface area (Å²) in [6.45, 7) is 5.86. The maximum absolute atomic E-state index is 11.5. The van der Waals surface area contributed by atoms with E-state index in [-0.39, 0.29) is 5.25 Å². The molecule has 0 amide bonds. The number of nitrogens with one attached hydrogen (secondary N) is 1. The summed E-state index contributed by atoms with van der Waals surface area (Å²) in [5, 5.41) is 0.120. The summed E-state index contributed by atoms with van der Waals surface area (Å²) in [5.74, 6) is 0. The highest BCUT2D eigenvalue weighted by Gasteiger charge is 2.05. The van der Waals surface area contributed by atoms with Gasteiger partial charge in [0, 0.05) is 15.4 Å². The average Bonchev–Trinajstić information content (AvgIpc) is 2.01. The zero-order valence-electron chi connectivity index (χ0n) is 8.50. The Labute approximate surface area is 95.8 Å². The quantitative estimate of drug-likeness (QED) is 0.902. The third kappa shape index (κ3) is 3.42. The van der Waals surface area contributed by atoms with Crippen LogP contribution in [0.15, 0.2) is 22.7 Å². The maximum atomic E-state index is 11.5. The third-order valence-corrected chi connectivity index (χ3v) is 3.44. The first-order chi connectivity index (χ1) is 6.49. The van der Waals surface area contributed by atoms with Gasteiger partial charge in [-0.15, -0.1) is 0 Å². The summed E-state index contributed by atoms with van der Waals surface area (Å²) in [5.41, 5.74) is 2.03. The summed E-state index contributed by atoms with van der Waals surface area (Å²) in [4.78, 5) is 0. The molecule has 0 aliphatic carbocycles. The highest BCUT2D eigenvalue weighted by Crippen LogP contribution is 2.19. The van der Waals surface area contributed by atoms with E-state index in [0.29, 0.717) is 0 Å². The van der Waals surface area contributed by atoms with Crippen molar-refractivity contribution in [3.05, 3.63) is 28.2 Å². The molecule has 14 heavy (non-hydrogen) atoms. The van der Waals surface area contributed by atoms with Crippen LogP contribution in [0.25, 0.3) is 0 Å². The van der Waals surface area contributed by atoms with Crippen LogP contribution in [0.4, 0.5) is 5.69 Å². The average molecular weight is 276 g/mol. The predicted octanol–water partition coefficient (Wildman–Crippen LogP) is 3.24. The van der Waals surface area contributed by atoms with Crippen molar-refractivity contribution in [2.45, 2.75) is 26.0 Å². The molecule has 0 heterocycles. The number of halogens is 1. The van der Waals surface area contributed by atoms with E-state index in [1.807, 2.05) is 39.0 Å². The molecule has 0 radical (unpaired) electrons. The van der Waals surface area contributed by atoms with Gasteiger partial charge in [0.25, 0.3) is 0 Å². The van der Waals surface area contributed by atoms with Crippen molar-refractivity contribution in [2.75, 3.05) is 4.72 Å². The number of aryl methyl sites for hydroxylation is 1. The van der Waals surface area contributed by atoms with Crippen LogP contribution in [0.5, 0.6) is 0 Å². The van der Waals surface area contributed by atoms with E-state index in [2.05, 4.69) is 20.7 Å². The number of hydrogen-bond acceptors (Lipinski definition) is 1. The molecular weight excluding hydrogens is 262 g/mol. The van der Waals surface area contributed by atoms with Gasteiger partial charge in [0.05, 0.1) is 0 Å². The fourth-order valence-electron chi connectivity index (χ4n) is 1.03. The van der Waals surface area contributed by atoms with Crippen LogP contribution in [0.3, 0.4) is 0 Å². The second kappa shape index (κ2) is 4.94. The van der Waals surface area contributed by atoms with Crippen molar-refractivity contribution < 1.29 is 4.21 Å². The predicted molar refractivity (Wildman–Crippen MR) is 65.8 cm³/mol. The van der Waals surface area contributed by atoms with Crippen LogP contribution in [0.2, 0.25) is 0 Å². The van der Waals surface area contributed by atoms with Gasteiger partial charge < -0.3 is 4.72 Å². The maximum Gasteiger partial charge on any atom is 0.119 e. The van der Waals surface area contributed by atoms with E-state index in [9.17, 15) is 4.21 Å². The molecule has 1 atom stereocenters. The lowest BCUT2D eigenvalue weighted by molar-refractivity contribution is 0.680. The SMILES string of the molecule is Cc1cc(Br)cc(NS(=O)C(C)C)c1. The molecule has 0 aliphatic rings. The molecule has 1 unspecified atom stereocenters. The molecule has 1 aromatic rings. The molecule has 0 aromatic heterocycles. The molecule has 0 spiro atoms. The summed E-state index contributed by atoms with van der Waals surface area (Å²) in [6.07, 6.45) is 0. The second-order valence-electron chi connectivity index (χ2n) is 3.47. The molecule has 0 saturated heterocycles. The van der Waals surface area contributed by atoms with Crippen molar-refractivity contribution in [3.63, 3.8) is 0 Å². The molecule has 0 bridgehead atoms. The third-order valence-electron chi connectivity index (χ3n) is 1.69. The highest BCUT2D eigenvalue weighted by atomic mass is 79.9. The number of anilines is 1. The first-order valence-electron chi connectivity index (χ1n) is 4.43. The first-order valence-corrected chi connectivity index (χ1v) is 6.44. The van der Waals surface area contributed by atoms with Crippen molar-refractivity contribution in [2.24, 2.45) is 0 Å². The van der Waals surface area contributed by atoms with Gasteiger partial charge in [0.1, 0.15) is 11.0 Å². The van der Waals surface area contributed by atoms with Crippen LogP contribution < -0.4 is 4.72 Å². The lowest BCUT2D eigenvalue weighted by Crippen LogP contribution is -2.14. The van der Waals surface area contributed by atoms with Gasteiger partial charge in [-0.25, -0.2) is 4.21 Å². The Morgan fingerprint density at radius 2 is 2.00 bits per heavy atom. The van der Waals surface area contributed by atoms with E-state index >= 15 is 0 Å². The summed E-state index contributed by atoms with van der Waals surface area (Å²) >= 11 is 3.40. The minimum atomic E-state index is -1.01. The van der Waals surface area contributed by atoms with E-state index in [0.717, 1.165) is 15.7 Å². The van der Waals surface area contributed by atoms with Gasteiger partial charge in [-0.3, -0.25) is 0 Å². The fourth-order valence-corrected chi connectivity index (χ4v) is 2.22. The van der Waals surface area contributed by atoms with Crippen LogP contribution >= 0.6 is 15.9 Å². The molecule has 1 N–H and O–H groups in total. The molecule has 0 fully saturated rings. The lowest BCUT2D eigenvalue weighted by Gasteiger charge is -2.09. The number of rotatable bonds is 3. The minimum Gasteiger partial charge on any atom is -0.305 e. The summed E-state index contributed by atoms with van der Waals surface area (Å²) < 4.78 is 15.5. The topological polar surface area (TPSA) is 29.1 Å². The van der Waals surface area contributed by atoms with Gasteiger partial charge in [-0.2, -0.15) is 0 Å². The van der Waals surface area contributed by atoms with E-state index in [1.54, 1.807) is 0 Å². The molecule has 0 aliphatic heterocycles. The monoisotopic (exact) mass is 275 g/mol. The number of hydrogen-bond donors (Lipinski definition) is 1. The standard InChI is InChI=1S/C10H14BrNOS/c1-7(2)14(13)12-10-5-8(3)4-9(11)6-10/h4-7,12H,1-3H3.